The smallest absolute Gasteiger partial charge is 0.159 e. The molecule has 1 aromatic carbocycles. The Bertz CT molecular complexity index is 1640. The predicted molar refractivity (Wildman–Crippen MR) is 141 cm³/mol. The largest absolute Gasteiger partial charge is 0.382 e. The Morgan fingerprint density at radius 1 is 1.05 bits per heavy atom. The first-order valence-electron chi connectivity index (χ1n) is 12.3. The van der Waals surface area contributed by atoms with Crippen LogP contribution in [0.25, 0.3) is 22.3 Å². The lowest BCUT2D eigenvalue weighted by atomic mass is 9.84. The van der Waals surface area contributed by atoms with E-state index in [9.17, 15) is 8.78 Å². The van der Waals surface area contributed by atoms with Gasteiger partial charge in [0.15, 0.2) is 17.5 Å². The van der Waals surface area contributed by atoms with Gasteiger partial charge in [-0.3, -0.25) is 9.67 Å². The lowest BCUT2D eigenvalue weighted by Crippen LogP contribution is -2.52. The molecule has 194 valence electrons. The molecule has 0 spiro atoms. The van der Waals surface area contributed by atoms with Gasteiger partial charge in [-0.25, -0.2) is 18.7 Å². The first-order valence-corrected chi connectivity index (χ1v) is 12.3. The van der Waals surface area contributed by atoms with Crippen molar-refractivity contribution in [1.29, 1.82) is 0 Å². The molecule has 4 aromatic heterocycles. The van der Waals surface area contributed by atoms with Gasteiger partial charge in [0, 0.05) is 43.7 Å². The fraction of sp³-hybridized carbons (Fsp3) is 0.259. The van der Waals surface area contributed by atoms with E-state index >= 15 is 0 Å². The van der Waals surface area contributed by atoms with Gasteiger partial charge >= 0.3 is 0 Å². The van der Waals surface area contributed by atoms with Crippen molar-refractivity contribution in [3.63, 3.8) is 0 Å². The fourth-order valence-corrected chi connectivity index (χ4v) is 5.24. The van der Waals surface area contributed by atoms with E-state index in [1.807, 2.05) is 36.1 Å². The Morgan fingerprint density at radius 2 is 1.92 bits per heavy atom. The van der Waals surface area contributed by atoms with Gasteiger partial charge in [-0.05, 0) is 48.7 Å². The molecule has 1 fully saturated rings. The molecule has 5 aromatic rings. The van der Waals surface area contributed by atoms with Gasteiger partial charge in [0.1, 0.15) is 5.52 Å². The van der Waals surface area contributed by atoms with Crippen molar-refractivity contribution in [3.05, 3.63) is 84.2 Å². The Kier molecular flexibility index (Phi) is 5.79. The van der Waals surface area contributed by atoms with E-state index in [1.54, 1.807) is 23.4 Å². The number of imidazole rings is 1. The first-order chi connectivity index (χ1) is 18.3. The number of aryl methyl sites for hydroxylation is 1. The highest BCUT2D eigenvalue weighted by Gasteiger charge is 2.35. The molecule has 1 aliphatic heterocycles. The molecule has 9 nitrogen and oxygen atoms in total. The summed E-state index contributed by atoms with van der Waals surface area (Å²) in [5.41, 5.74) is 17.7. The number of aromatic nitrogens is 6. The summed E-state index contributed by atoms with van der Waals surface area (Å²) in [6.07, 6.45) is 10.7. The van der Waals surface area contributed by atoms with E-state index < -0.39 is 17.2 Å². The van der Waals surface area contributed by atoms with Gasteiger partial charge in [-0.15, -0.1) is 0 Å². The number of nitrogens with zero attached hydrogens (tertiary/aromatic N) is 7. The Labute approximate surface area is 217 Å². The quantitative estimate of drug-likeness (QED) is 0.367. The molecule has 1 unspecified atom stereocenters. The van der Waals surface area contributed by atoms with Crippen molar-refractivity contribution < 1.29 is 8.78 Å². The summed E-state index contributed by atoms with van der Waals surface area (Å²) in [5.74, 6) is -1.46. The van der Waals surface area contributed by atoms with E-state index in [-0.39, 0.29) is 0 Å². The molecule has 11 heteroatoms. The van der Waals surface area contributed by atoms with Crippen LogP contribution in [-0.2, 0) is 19.1 Å². The molecule has 1 saturated heterocycles. The highest BCUT2D eigenvalue weighted by molar-refractivity contribution is 5.84. The SMILES string of the molecule is Cn1cc(C2(N)CCCN(c3cnc(-c4ccc(F)c(F)c4)cc3Cn3cnc4c(N)nccc43)C2)cn1. The highest BCUT2D eigenvalue weighted by atomic mass is 19.2. The van der Waals surface area contributed by atoms with E-state index in [0.717, 1.165) is 53.9 Å². The van der Waals surface area contributed by atoms with E-state index in [0.29, 0.717) is 35.7 Å². The molecular formula is C27H27F2N9. The van der Waals surface area contributed by atoms with Crippen molar-refractivity contribution in [2.45, 2.75) is 24.9 Å². The molecule has 38 heavy (non-hydrogen) atoms. The summed E-state index contributed by atoms with van der Waals surface area (Å²) in [6.45, 7) is 1.84. The maximum Gasteiger partial charge on any atom is 0.159 e. The second-order valence-corrected chi connectivity index (χ2v) is 9.85. The standard InChI is InChI=1S/C27H27F2N9/c1-36-14-19(11-35-36)27(31)6-2-8-37(15-27)24-12-33-22(17-3-4-20(28)21(29)9-17)10-18(24)13-38-16-34-25-23(38)5-7-32-26(25)30/h3-5,7,9-12,14,16H,2,6,8,13,15,31H2,1H3,(H2,30,32). The maximum absolute atomic E-state index is 14.0. The Hall–Kier alpha value is -4.38. The number of piperidine rings is 1. The second kappa shape index (κ2) is 9.18. The van der Waals surface area contributed by atoms with Crippen LogP contribution in [0.5, 0.6) is 0 Å². The number of anilines is 2. The summed E-state index contributed by atoms with van der Waals surface area (Å²) >= 11 is 0. The van der Waals surface area contributed by atoms with Crippen molar-refractivity contribution in [1.82, 2.24) is 29.3 Å². The molecule has 5 heterocycles. The molecule has 6 rings (SSSR count). The fourth-order valence-electron chi connectivity index (χ4n) is 5.24. The van der Waals surface area contributed by atoms with E-state index in [1.165, 1.54) is 6.07 Å². The molecule has 0 amide bonds. The van der Waals surface area contributed by atoms with Crippen LogP contribution in [0.4, 0.5) is 20.3 Å². The minimum absolute atomic E-state index is 0.360. The summed E-state index contributed by atoms with van der Waals surface area (Å²) in [6, 6.07) is 7.57. The van der Waals surface area contributed by atoms with Gasteiger partial charge in [0.05, 0.1) is 47.7 Å². The van der Waals surface area contributed by atoms with Gasteiger partial charge < -0.3 is 20.9 Å². The van der Waals surface area contributed by atoms with Crippen LogP contribution in [0.2, 0.25) is 0 Å². The minimum atomic E-state index is -0.918. The third-order valence-corrected chi connectivity index (χ3v) is 7.23. The predicted octanol–water partition coefficient (Wildman–Crippen LogP) is 3.59. The number of nitrogens with two attached hydrogens (primary N) is 2. The van der Waals surface area contributed by atoms with Gasteiger partial charge in [0.25, 0.3) is 0 Å². The number of hydrogen-bond acceptors (Lipinski definition) is 7. The lowest BCUT2D eigenvalue weighted by molar-refractivity contribution is 0.353. The van der Waals surface area contributed by atoms with Crippen LogP contribution in [0.3, 0.4) is 0 Å². The summed E-state index contributed by atoms with van der Waals surface area (Å²) in [4.78, 5) is 15.5. The van der Waals surface area contributed by atoms with Crippen LogP contribution >= 0.6 is 0 Å². The second-order valence-electron chi connectivity index (χ2n) is 9.85. The lowest BCUT2D eigenvalue weighted by Gasteiger charge is -2.41. The molecular weight excluding hydrogens is 488 g/mol. The maximum atomic E-state index is 14.0. The third-order valence-electron chi connectivity index (χ3n) is 7.23. The molecule has 4 N–H and O–H groups in total. The molecule has 1 aliphatic rings. The average Bonchev–Trinajstić information content (AvgIpc) is 3.53. The first kappa shape index (κ1) is 24.0. The van der Waals surface area contributed by atoms with Crippen molar-refractivity contribution in [2.24, 2.45) is 12.8 Å². The molecule has 1 atom stereocenters. The average molecular weight is 516 g/mol. The van der Waals surface area contributed by atoms with Crippen molar-refractivity contribution in [2.75, 3.05) is 23.7 Å². The van der Waals surface area contributed by atoms with Crippen LogP contribution in [-0.4, -0.2) is 42.4 Å². The van der Waals surface area contributed by atoms with Crippen LogP contribution < -0.4 is 16.4 Å². The zero-order valence-corrected chi connectivity index (χ0v) is 20.9. The van der Waals surface area contributed by atoms with Crippen molar-refractivity contribution >= 4 is 22.5 Å². The minimum Gasteiger partial charge on any atom is -0.382 e. The normalized spacial score (nSPS) is 17.8. The topological polar surface area (TPSA) is 117 Å². The van der Waals surface area contributed by atoms with E-state index in [2.05, 4.69) is 25.0 Å². The van der Waals surface area contributed by atoms with Crippen LogP contribution in [0.1, 0.15) is 24.0 Å². The van der Waals surface area contributed by atoms with Gasteiger partial charge in [-0.1, -0.05) is 0 Å². The van der Waals surface area contributed by atoms with Crippen LogP contribution in [0, 0.1) is 11.6 Å². The van der Waals surface area contributed by atoms with Gasteiger partial charge in [-0.2, -0.15) is 5.10 Å². The molecule has 0 aliphatic carbocycles. The summed E-state index contributed by atoms with van der Waals surface area (Å²) < 4.78 is 31.4. The monoisotopic (exact) mass is 515 g/mol. The highest BCUT2D eigenvalue weighted by Crippen LogP contribution is 2.35. The van der Waals surface area contributed by atoms with Gasteiger partial charge in [0.2, 0.25) is 0 Å². The number of pyridine rings is 2. The third kappa shape index (κ3) is 4.24. The number of fused-ring (bicyclic) bond motifs is 1. The number of hydrogen-bond donors (Lipinski definition) is 2. The number of rotatable bonds is 5. The number of halogens is 2. The Balaban J connectivity index is 1.42. The zero-order chi connectivity index (χ0) is 26.4. The van der Waals surface area contributed by atoms with E-state index in [4.69, 9.17) is 11.5 Å². The molecule has 0 saturated carbocycles. The van der Waals surface area contributed by atoms with Crippen LogP contribution in [0.15, 0.2) is 61.4 Å². The zero-order valence-electron chi connectivity index (χ0n) is 20.9. The molecule has 0 bridgehead atoms. The molecule has 0 radical (unpaired) electrons. The Morgan fingerprint density at radius 3 is 2.71 bits per heavy atom. The number of nitrogen functional groups attached to an aromatic ring is 1. The number of benzene rings is 1. The summed E-state index contributed by atoms with van der Waals surface area (Å²) in [7, 11) is 1.88. The summed E-state index contributed by atoms with van der Waals surface area (Å²) in [5, 5.41) is 4.32. The van der Waals surface area contributed by atoms with Crippen molar-refractivity contribution in [3.8, 4) is 11.3 Å².